The Balaban J connectivity index is 3.38. The van der Waals surface area contributed by atoms with Gasteiger partial charge in [0.1, 0.15) is 0 Å². The number of hydrogen-bond acceptors (Lipinski definition) is 0. The van der Waals surface area contributed by atoms with E-state index in [1.54, 1.807) is 11.1 Å². The summed E-state index contributed by atoms with van der Waals surface area (Å²) in [5, 5.41) is 0. The first kappa shape index (κ1) is 13.3. The van der Waals surface area contributed by atoms with Crippen LogP contribution in [0.4, 0.5) is 0 Å². The predicted molar refractivity (Wildman–Crippen MR) is 81.4 cm³/mol. The topological polar surface area (TPSA) is 0 Å². The molecule has 3 heteroatoms. The number of rotatable bonds is 2. The molecule has 0 amide bonds. The van der Waals surface area contributed by atoms with E-state index in [4.69, 9.17) is 0 Å². The molecule has 0 radical (unpaired) electrons. The largest absolute Gasteiger partial charge is 0.141 e. The highest BCUT2D eigenvalue weighted by Crippen LogP contribution is 2.22. The monoisotopic (exact) mass is 256 g/mol. The Labute approximate surface area is 98.6 Å². The van der Waals surface area contributed by atoms with Gasteiger partial charge in [0.15, 0.2) is 0 Å². The Morgan fingerprint density at radius 3 is 1.07 bits per heavy atom. The lowest BCUT2D eigenvalue weighted by molar-refractivity contribution is 1.42. The normalized spacial score (nSPS) is 13.3. The van der Waals surface area contributed by atoms with Crippen LogP contribution in [0.2, 0.25) is 39.3 Å². The summed E-state index contributed by atoms with van der Waals surface area (Å²) in [4.78, 5) is 3.66. The van der Waals surface area contributed by atoms with Crippen molar-refractivity contribution in [3.8, 4) is 0 Å². The molecule has 0 aliphatic carbocycles. The van der Waals surface area contributed by atoms with E-state index < -0.39 is 16.1 Å². The lowest BCUT2D eigenvalue weighted by atomic mass is 10.2. The minimum Gasteiger partial charge on any atom is -0.141 e. The molecule has 15 heavy (non-hydrogen) atoms. The summed E-state index contributed by atoms with van der Waals surface area (Å²) in [6.07, 6.45) is 0. The third-order valence-corrected chi connectivity index (χ3v) is 13.3. The lowest BCUT2D eigenvalue weighted by Crippen LogP contribution is -2.38. The molecule has 1 rings (SSSR count). The van der Waals surface area contributed by atoms with Crippen molar-refractivity contribution in [1.29, 1.82) is 0 Å². The van der Waals surface area contributed by atoms with Crippen LogP contribution in [0.1, 0.15) is 11.1 Å². The Bertz CT molecular complexity index is 330. The molecule has 0 aliphatic rings. The van der Waals surface area contributed by atoms with E-state index in [9.17, 15) is 0 Å². The summed E-state index contributed by atoms with van der Waals surface area (Å²) in [6, 6.07) is 0. The van der Waals surface area contributed by atoms with Crippen LogP contribution >= 0.6 is 8.19 Å². The zero-order chi connectivity index (χ0) is 12.0. The van der Waals surface area contributed by atoms with E-state index in [0.29, 0.717) is 0 Å². The lowest BCUT2D eigenvalue weighted by Gasteiger charge is -2.17. The molecule has 1 aromatic rings. The Kier molecular flexibility index (Phi) is 3.46. The van der Waals surface area contributed by atoms with Crippen molar-refractivity contribution in [2.24, 2.45) is 0 Å². The summed E-state index contributed by atoms with van der Waals surface area (Å²) in [5.41, 5.74) is 3.29. The van der Waals surface area contributed by atoms with Gasteiger partial charge in [-0.1, -0.05) is 39.3 Å². The van der Waals surface area contributed by atoms with E-state index in [1.165, 1.54) is 0 Å². The minimum absolute atomic E-state index is 1.04. The first-order valence-electron chi connectivity index (χ1n) is 5.75. The van der Waals surface area contributed by atoms with Crippen LogP contribution in [-0.4, -0.2) is 16.1 Å². The van der Waals surface area contributed by atoms with Gasteiger partial charge in [0, 0.05) is 0 Å². The highest BCUT2D eigenvalue weighted by atomic mass is 31.0. The van der Waals surface area contributed by atoms with Crippen LogP contribution in [0.3, 0.4) is 0 Å². The fourth-order valence-electron chi connectivity index (χ4n) is 2.19. The maximum Gasteiger partial charge on any atom is 0.0827 e. The first-order chi connectivity index (χ1) is 6.55. The number of hydrogen-bond donors (Lipinski definition) is 0. The molecule has 0 N–H and O–H groups in total. The van der Waals surface area contributed by atoms with Crippen molar-refractivity contribution >= 4 is 34.2 Å². The molecule has 0 aromatic carbocycles. The van der Waals surface area contributed by atoms with Crippen molar-refractivity contribution in [3.63, 3.8) is 0 Å². The van der Waals surface area contributed by atoms with Crippen molar-refractivity contribution < 1.29 is 0 Å². The van der Waals surface area contributed by atoms with Gasteiger partial charge in [0.2, 0.25) is 0 Å². The molecule has 0 fully saturated rings. The van der Waals surface area contributed by atoms with E-state index >= 15 is 0 Å². The van der Waals surface area contributed by atoms with E-state index in [2.05, 4.69) is 53.1 Å². The highest BCUT2D eigenvalue weighted by Gasteiger charge is 2.27. The standard InChI is InChI=1S/C12H25PSi2/c1-9-10(2)12(15(6,7)8)13-11(9)14(3,4)5/h13H,1-8H3. The van der Waals surface area contributed by atoms with Gasteiger partial charge in [-0.05, 0) is 34.8 Å². The molecule has 0 bridgehead atoms. The third kappa shape index (κ3) is 2.66. The van der Waals surface area contributed by atoms with Gasteiger partial charge in [0.05, 0.1) is 16.1 Å². The van der Waals surface area contributed by atoms with Crippen LogP contribution in [0.5, 0.6) is 0 Å². The van der Waals surface area contributed by atoms with Crippen LogP contribution < -0.4 is 9.84 Å². The fourth-order valence-corrected chi connectivity index (χ4v) is 9.94. The quantitative estimate of drug-likeness (QED) is 0.711. The highest BCUT2D eigenvalue weighted by molar-refractivity contribution is 7.50. The van der Waals surface area contributed by atoms with Crippen molar-refractivity contribution in [2.45, 2.75) is 53.1 Å². The van der Waals surface area contributed by atoms with Crippen molar-refractivity contribution in [1.82, 2.24) is 0 Å². The zero-order valence-electron chi connectivity index (χ0n) is 11.5. The molecular weight excluding hydrogens is 231 g/mol. The minimum atomic E-state index is -1.08. The zero-order valence-corrected chi connectivity index (χ0v) is 14.5. The fraction of sp³-hybridized carbons (Fsp3) is 0.667. The Hall–Kier alpha value is 0.214. The molecule has 0 aliphatic heterocycles. The van der Waals surface area contributed by atoms with E-state index in [1.807, 2.05) is 9.84 Å². The molecule has 0 saturated heterocycles. The van der Waals surface area contributed by atoms with Crippen LogP contribution in [0.15, 0.2) is 0 Å². The van der Waals surface area contributed by atoms with E-state index in [0.717, 1.165) is 8.19 Å². The summed E-state index contributed by atoms with van der Waals surface area (Å²) in [6.45, 7) is 19.6. The first-order valence-corrected chi connectivity index (χ1v) is 13.8. The van der Waals surface area contributed by atoms with Crippen molar-refractivity contribution in [3.05, 3.63) is 11.1 Å². The van der Waals surface area contributed by atoms with Crippen molar-refractivity contribution in [2.75, 3.05) is 0 Å². The average Bonchev–Trinajstić information content (AvgIpc) is 2.26. The Morgan fingerprint density at radius 2 is 0.933 bits per heavy atom. The third-order valence-electron chi connectivity index (χ3n) is 3.06. The van der Waals surface area contributed by atoms with Crippen LogP contribution in [-0.2, 0) is 0 Å². The second-order valence-corrected chi connectivity index (χ2v) is 18.9. The maximum absolute atomic E-state index is 2.49. The SMILES string of the molecule is Cc1c([Si](C)(C)C)[pH]c([Si](C)(C)C)c1C. The van der Waals surface area contributed by atoms with Gasteiger partial charge in [-0.2, -0.15) is 0 Å². The molecule has 0 atom stereocenters. The summed E-state index contributed by atoms with van der Waals surface area (Å²) in [7, 11) is -1.12. The summed E-state index contributed by atoms with van der Waals surface area (Å²) >= 11 is 0. The molecule has 1 aromatic heterocycles. The van der Waals surface area contributed by atoms with Gasteiger partial charge in [-0.3, -0.25) is 0 Å². The second-order valence-electron chi connectivity index (χ2n) is 6.62. The summed E-state index contributed by atoms with van der Waals surface area (Å²) in [5.74, 6) is 0. The van der Waals surface area contributed by atoms with Crippen LogP contribution in [0, 0.1) is 13.8 Å². The van der Waals surface area contributed by atoms with Gasteiger partial charge in [0.25, 0.3) is 0 Å². The molecule has 0 unspecified atom stereocenters. The van der Waals surface area contributed by atoms with Gasteiger partial charge < -0.3 is 0 Å². The van der Waals surface area contributed by atoms with Gasteiger partial charge >= 0.3 is 0 Å². The van der Waals surface area contributed by atoms with Crippen LogP contribution in [0.25, 0.3) is 0 Å². The molecular formula is C12H25PSi2. The molecule has 0 nitrogen and oxygen atoms in total. The van der Waals surface area contributed by atoms with Gasteiger partial charge in [-0.15, -0.1) is 8.19 Å². The summed E-state index contributed by atoms with van der Waals surface area (Å²) < 4.78 is 0. The maximum atomic E-state index is 2.49. The Morgan fingerprint density at radius 1 is 0.667 bits per heavy atom. The molecule has 1 heterocycles. The van der Waals surface area contributed by atoms with E-state index in [-0.39, 0.29) is 0 Å². The second kappa shape index (κ2) is 3.90. The van der Waals surface area contributed by atoms with Gasteiger partial charge in [-0.25, -0.2) is 0 Å². The smallest absolute Gasteiger partial charge is 0.0827 e. The molecule has 0 saturated carbocycles. The predicted octanol–water partition coefficient (Wildman–Crippen LogP) is 3.43. The molecule has 86 valence electrons. The average molecular weight is 256 g/mol. The molecule has 0 spiro atoms.